The lowest BCUT2D eigenvalue weighted by atomic mass is 9.48. The van der Waals surface area contributed by atoms with Gasteiger partial charge in [0.1, 0.15) is 11.4 Å². The van der Waals surface area contributed by atoms with Crippen molar-refractivity contribution in [2.45, 2.75) is 76.7 Å². The normalized spacial score (nSPS) is 52.2. The van der Waals surface area contributed by atoms with Crippen LogP contribution < -0.4 is 0 Å². The van der Waals surface area contributed by atoms with Crippen molar-refractivity contribution in [1.82, 2.24) is 0 Å². The molecule has 4 saturated carbocycles. The van der Waals surface area contributed by atoms with E-state index in [1.165, 1.54) is 19.3 Å². The standard InChI is InChI=1S/C21H30O2/c1-3-20-11-9-17-16-8-6-15(22)13-14(16)5-7-18(17)19(20)10-12-21(20,23)4-2/h2,14,16-19,23H,3,5-13H2,1H3/t14-,16-,17+,18+,19-,20-,21-/m0/s1. The van der Waals surface area contributed by atoms with Gasteiger partial charge < -0.3 is 5.11 Å². The Kier molecular flexibility index (Phi) is 3.65. The van der Waals surface area contributed by atoms with E-state index in [4.69, 9.17) is 6.42 Å². The SMILES string of the molecule is C#C[C@]1(O)CC[C@H]2[C@@H]3CC[C@H]4CC(=O)CC[C@@H]4[C@H]3CC[C@@]21CC. The first kappa shape index (κ1) is 15.7. The topological polar surface area (TPSA) is 37.3 Å². The van der Waals surface area contributed by atoms with E-state index in [-0.39, 0.29) is 5.41 Å². The van der Waals surface area contributed by atoms with Gasteiger partial charge in [0.05, 0.1) is 0 Å². The van der Waals surface area contributed by atoms with Gasteiger partial charge >= 0.3 is 0 Å². The van der Waals surface area contributed by atoms with Crippen LogP contribution >= 0.6 is 0 Å². The van der Waals surface area contributed by atoms with Crippen molar-refractivity contribution < 1.29 is 9.90 Å². The highest BCUT2D eigenvalue weighted by Crippen LogP contribution is 2.66. The van der Waals surface area contributed by atoms with Crippen molar-refractivity contribution in [2.75, 3.05) is 0 Å². The number of rotatable bonds is 1. The molecular weight excluding hydrogens is 284 g/mol. The number of fused-ring (bicyclic) bond motifs is 5. The van der Waals surface area contributed by atoms with E-state index in [2.05, 4.69) is 12.8 Å². The van der Waals surface area contributed by atoms with Gasteiger partial charge in [0.25, 0.3) is 0 Å². The number of carbonyl (C=O) groups is 1. The first-order valence-electron chi connectivity index (χ1n) is 9.76. The molecule has 0 amide bonds. The summed E-state index contributed by atoms with van der Waals surface area (Å²) < 4.78 is 0. The molecule has 0 aliphatic heterocycles. The molecular formula is C21H30O2. The summed E-state index contributed by atoms with van der Waals surface area (Å²) in [5, 5.41) is 11.1. The second-order valence-electron chi connectivity index (χ2n) is 8.81. The van der Waals surface area contributed by atoms with Crippen molar-refractivity contribution in [3.8, 4) is 12.3 Å². The van der Waals surface area contributed by atoms with Crippen LogP contribution in [0.4, 0.5) is 0 Å². The lowest BCUT2D eigenvalue weighted by molar-refractivity contribution is -0.133. The number of carbonyl (C=O) groups excluding carboxylic acids is 1. The largest absolute Gasteiger partial charge is 0.377 e. The molecule has 7 atom stereocenters. The summed E-state index contributed by atoms with van der Waals surface area (Å²) in [6.45, 7) is 2.23. The van der Waals surface area contributed by atoms with Gasteiger partial charge in [-0.3, -0.25) is 4.79 Å². The minimum absolute atomic E-state index is 0.0414. The molecule has 0 radical (unpaired) electrons. The second kappa shape index (κ2) is 5.35. The molecule has 0 unspecified atom stereocenters. The second-order valence-corrected chi connectivity index (χ2v) is 8.81. The van der Waals surface area contributed by atoms with Crippen LogP contribution in [0.3, 0.4) is 0 Å². The minimum Gasteiger partial charge on any atom is -0.377 e. The zero-order chi connectivity index (χ0) is 16.2. The van der Waals surface area contributed by atoms with E-state index < -0.39 is 5.60 Å². The molecule has 2 heteroatoms. The van der Waals surface area contributed by atoms with Crippen molar-refractivity contribution in [3.05, 3.63) is 0 Å². The fraction of sp³-hybridized carbons (Fsp3) is 0.857. The molecule has 4 aliphatic carbocycles. The average Bonchev–Trinajstić information content (AvgIpc) is 2.88. The molecule has 4 aliphatic rings. The molecule has 0 heterocycles. The van der Waals surface area contributed by atoms with E-state index in [0.717, 1.165) is 62.7 Å². The predicted molar refractivity (Wildman–Crippen MR) is 90.5 cm³/mol. The predicted octanol–water partition coefficient (Wildman–Crippen LogP) is 3.96. The Morgan fingerprint density at radius 3 is 2.70 bits per heavy atom. The molecule has 0 aromatic heterocycles. The van der Waals surface area contributed by atoms with E-state index in [9.17, 15) is 9.90 Å². The number of hydrogen-bond donors (Lipinski definition) is 1. The molecule has 0 aromatic carbocycles. The summed E-state index contributed by atoms with van der Waals surface area (Å²) in [6.07, 6.45) is 16.2. The third-order valence-corrected chi connectivity index (χ3v) is 8.48. The number of hydrogen-bond acceptors (Lipinski definition) is 2. The van der Waals surface area contributed by atoms with Crippen LogP contribution in [0.2, 0.25) is 0 Å². The van der Waals surface area contributed by atoms with E-state index in [0.29, 0.717) is 17.6 Å². The lowest BCUT2D eigenvalue weighted by Gasteiger charge is -2.57. The molecule has 4 rings (SSSR count). The quantitative estimate of drug-likeness (QED) is 0.744. The van der Waals surface area contributed by atoms with Crippen molar-refractivity contribution >= 4 is 5.78 Å². The summed E-state index contributed by atoms with van der Waals surface area (Å²) in [4.78, 5) is 11.8. The first-order valence-corrected chi connectivity index (χ1v) is 9.76. The summed E-state index contributed by atoms with van der Waals surface area (Å²) in [5.74, 6) is 6.83. The Morgan fingerprint density at radius 2 is 1.96 bits per heavy atom. The van der Waals surface area contributed by atoms with E-state index in [1.54, 1.807) is 0 Å². The monoisotopic (exact) mass is 314 g/mol. The highest BCUT2D eigenvalue weighted by Gasteiger charge is 2.63. The summed E-state index contributed by atoms with van der Waals surface area (Å²) in [5.41, 5.74) is -0.920. The number of terminal acetylenes is 1. The average molecular weight is 314 g/mol. The molecule has 0 aromatic rings. The van der Waals surface area contributed by atoms with Gasteiger partial charge in [-0.05, 0) is 81.0 Å². The Balaban J connectivity index is 1.63. The number of ketones is 1. The lowest BCUT2D eigenvalue weighted by Crippen LogP contribution is -2.54. The Labute approximate surface area is 140 Å². The maximum absolute atomic E-state index is 11.8. The summed E-state index contributed by atoms with van der Waals surface area (Å²) in [7, 11) is 0. The van der Waals surface area contributed by atoms with Gasteiger partial charge in [-0.1, -0.05) is 12.8 Å². The molecule has 0 bridgehead atoms. The van der Waals surface area contributed by atoms with Crippen LogP contribution in [0.15, 0.2) is 0 Å². The molecule has 2 nitrogen and oxygen atoms in total. The zero-order valence-corrected chi connectivity index (χ0v) is 14.4. The van der Waals surface area contributed by atoms with Gasteiger partial charge in [0.15, 0.2) is 0 Å². The maximum Gasteiger partial charge on any atom is 0.133 e. The van der Waals surface area contributed by atoms with Crippen LogP contribution in [0.5, 0.6) is 0 Å². The van der Waals surface area contributed by atoms with Gasteiger partial charge in [0, 0.05) is 18.3 Å². The van der Waals surface area contributed by atoms with Crippen LogP contribution in [-0.4, -0.2) is 16.5 Å². The summed E-state index contributed by atoms with van der Waals surface area (Å²) in [6, 6.07) is 0. The Bertz CT molecular complexity index is 547. The van der Waals surface area contributed by atoms with Gasteiger partial charge in [-0.2, -0.15) is 0 Å². The highest BCUT2D eigenvalue weighted by atomic mass is 16.3. The van der Waals surface area contributed by atoms with Crippen LogP contribution in [0.25, 0.3) is 0 Å². The van der Waals surface area contributed by atoms with Crippen LogP contribution in [0.1, 0.15) is 71.1 Å². The summed E-state index contributed by atoms with van der Waals surface area (Å²) >= 11 is 0. The highest BCUT2D eigenvalue weighted by molar-refractivity contribution is 5.79. The van der Waals surface area contributed by atoms with Gasteiger partial charge in [-0.15, -0.1) is 6.42 Å². The molecule has 0 saturated heterocycles. The fourth-order valence-corrected chi connectivity index (χ4v) is 7.44. The smallest absolute Gasteiger partial charge is 0.133 e. The Morgan fingerprint density at radius 1 is 1.13 bits per heavy atom. The van der Waals surface area contributed by atoms with Crippen molar-refractivity contribution in [3.63, 3.8) is 0 Å². The van der Waals surface area contributed by atoms with E-state index in [1.807, 2.05) is 0 Å². The Hall–Kier alpha value is -0.810. The van der Waals surface area contributed by atoms with Gasteiger partial charge in [-0.25, -0.2) is 0 Å². The zero-order valence-electron chi connectivity index (χ0n) is 14.4. The minimum atomic E-state index is -0.878. The number of Topliss-reactive ketones (excluding diaryl/α,β-unsaturated/α-hetero) is 1. The van der Waals surface area contributed by atoms with Crippen LogP contribution in [0, 0.1) is 47.3 Å². The van der Waals surface area contributed by atoms with Crippen molar-refractivity contribution in [1.29, 1.82) is 0 Å². The molecule has 126 valence electrons. The van der Waals surface area contributed by atoms with E-state index >= 15 is 0 Å². The molecule has 23 heavy (non-hydrogen) atoms. The fourth-order valence-electron chi connectivity index (χ4n) is 7.44. The third-order valence-electron chi connectivity index (χ3n) is 8.48. The molecule has 0 spiro atoms. The molecule has 1 N–H and O–H groups in total. The number of aliphatic hydroxyl groups is 1. The van der Waals surface area contributed by atoms with Gasteiger partial charge in [0.2, 0.25) is 0 Å². The molecule has 4 fully saturated rings. The third kappa shape index (κ3) is 2.02. The maximum atomic E-state index is 11.8. The first-order chi connectivity index (χ1) is 11.0. The van der Waals surface area contributed by atoms with Crippen molar-refractivity contribution in [2.24, 2.45) is 35.0 Å². The van der Waals surface area contributed by atoms with Crippen LogP contribution in [-0.2, 0) is 4.79 Å².